The number of nitriles is 2. The van der Waals surface area contributed by atoms with Gasteiger partial charge in [-0.25, -0.2) is 15.2 Å². The predicted octanol–water partition coefficient (Wildman–Crippen LogP) is 1.03. The van der Waals surface area contributed by atoms with Crippen molar-refractivity contribution >= 4 is 12.5 Å². The third-order valence-electron chi connectivity index (χ3n) is 2.94. The molecule has 1 aromatic heterocycles. The van der Waals surface area contributed by atoms with Crippen molar-refractivity contribution in [3.8, 4) is 12.0 Å². The Morgan fingerprint density at radius 2 is 2.00 bits per heavy atom. The van der Waals surface area contributed by atoms with E-state index in [0.717, 1.165) is 31.5 Å². The van der Waals surface area contributed by atoms with E-state index < -0.39 is 0 Å². The summed E-state index contributed by atoms with van der Waals surface area (Å²) in [5, 5.41) is 17.7. The van der Waals surface area contributed by atoms with E-state index in [1.807, 2.05) is 6.07 Å². The number of hydrogen-bond acceptors (Lipinski definition) is 5. The average molecular weight is 225 g/mol. The van der Waals surface area contributed by atoms with Gasteiger partial charge in [-0.3, -0.25) is 0 Å². The fraction of sp³-hybridized carbons (Fsp3) is 0.455. The van der Waals surface area contributed by atoms with Gasteiger partial charge in [-0.05, 0) is 19.6 Å². The van der Waals surface area contributed by atoms with Crippen molar-refractivity contribution in [1.29, 1.82) is 10.5 Å². The summed E-state index contributed by atoms with van der Waals surface area (Å²) in [5.74, 6) is 3.71. The standard InChI is InChI=1S/C11H12BN5/c1-9-15-10(7-13)6-11(16-9)17-4-2-12(8-14)3-5-17/h6H,2-5H2,1H3. The van der Waals surface area contributed by atoms with Crippen molar-refractivity contribution in [2.24, 2.45) is 0 Å². The highest BCUT2D eigenvalue weighted by molar-refractivity contribution is 6.67. The van der Waals surface area contributed by atoms with E-state index in [1.54, 1.807) is 13.0 Å². The zero-order valence-electron chi connectivity index (χ0n) is 9.72. The largest absolute Gasteiger partial charge is 0.358 e. The van der Waals surface area contributed by atoms with E-state index in [-0.39, 0.29) is 6.71 Å². The Kier molecular flexibility index (Phi) is 3.25. The van der Waals surface area contributed by atoms with Gasteiger partial charge in [0.25, 0.3) is 6.71 Å². The summed E-state index contributed by atoms with van der Waals surface area (Å²) < 4.78 is 0. The number of hydrogen-bond donors (Lipinski definition) is 0. The molecule has 5 nitrogen and oxygen atoms in total. The van der Waals surface area contributed by atoms with Crippen LogP contribution >= 0.6 is 0 Å². The molecule has 0 N–H and O–H groups in total. The Balaban J connectivity index is 2.16. The van der Waals surface area contributed by atoms with Crippen LogP contribution in [0.25, 0.3) is 0 Å². The van der Waals surface area contributed by atoms with Crippen molar-refractivity contribution in [2.75, 3.05) is 18.0 Å². The van der Waals surface area contributed by atoms with E-state index in [4.69, 9.17) is 10.5 Å². The van der Waals surface area contributed by atoms with Gasteiger partial charge < -0.3 is 4.90 Å². The van der Waals surface area contributed by atoms with Gasteiger partial charge in [0, 0.05) is 25.1 Å². The van der Waals surface area contributed by atoms with Crippen LogP contribution in [0.4, 0.5) is 5.82 Å². The molecule has 0 unspecified atom stereocenters. The summed E-state index contributed by atoms with van der Waals surface area (Å²) in [6, 6.07) is 3.75. The van der Waals surface area contributed by atoms with Crippen LogP contribution in [0.5, 0.6) is 0 Å². The summed E-state index contributed by atoms with van der Waals surface area (Å²) >= 11 is 0. The number of aryl methyl sites for hydroxylation is 1. The Bertz CT molecular complexity index is 494. The minimum atomic E-state index is 0.157. The summed E-state index contributed by atoms with van der Waals surface area (Å²) in [6.07, 6.45) is 1.73. The lowest BCUT2D eigenvalue weighted by atomic mass is 9.45. The molecule has 1 fully saturated rings. The molecule has 0 aliphatic carbocycles. The van der Waals surface area contributed by atoms with Crippen molar-refractivity contribution in [2.45, 2.75) is 19.6 Å². The molecule has 1 aliphatic heterocycles. The van der Waals surface area contributed by atoms with Crippen LogP contribution in [0.3, 0.4) is 0 Å². The molecule has 0 amide bonds. The SMILES string of the molecule is Cc1nc(C#N)cc(N2CCB(C#N)CC2)n1. The van der Waals surface area contributed by atoms with Gasteiger partial charge in [-0.2, -0.15) is 5.26 Å². The van der Waals surface area contributed by atoms with Crippen molar-refractivity contribution in [3.05, 3.63) is 17.6 Å². The number of anilines is 1. The van der Waals surface area contributed by atoms with Crippen molar-refractivity contribution in [1.82, 2.24) is 9.97 Å². The first-order valence-corrected chi connectivity index (χ1v) is 5.63. The summed E-state index contributed by atoms with van der Waals surface area (Å²) in [5.41, 5.74) is 0.398. The summed E-state index contributed by atoms with van der Waals surface area (Å²) in [4.78, 5) is 10.5. The fourth-order valence-corrected chi connectivity index (χ4v) is 2.01. The van der Waals surface area contributed by atoms with Gasteiger partial charge in [0.05, 0.1) is 0 Å². The normalized spacial score (nSPS) is 15.2. The lowest BCUT2D eigenvalue weighted by molar-refractivity contribution is 0.796. The topological polar surface area (TPSA) is 76.6 Å². The molecule has 17 heavy (non-hydrogen) atoms. The van der Waals surface area contributed by atoms with Gasteiger partial charge >= 0.3 is 0 Å². The molecule has 1 saturated heterocycles. The molecule has 84 valence electrons. The van der Waals surface area contributed by atoms with Crippen LogP contribution in [0, 0.1) is 29.5 Å². The molecule has 0 spiro atoms. The van der Waals surface area contributed by atoms with E-state index in [1.165, 1.54) is 0 Å². The highest BCUT2D eigenvalue weighted by Crippen LogP contribution is 2.18. The van der Waals surface area contributed by atoms with E-state index in [2.05, 4.69) is 20.8 Å². The maximum Gasteiger partial charge on any atom is 0.271 e. The summed E-state index contributed by atoms with van der Waals surface area (Å²) in [6.45, 7) is 3.58. The molecule has 0 atom stereocenters. The molecule has 6 heteroatoms. The molecular formula is C11H12BN5. The van der Waals surface area contributed by atoms with Crippen LogP contribution in [-0.2, 0) is 0 Å². The van der Waals surface area contributed by atoms with Gasteiger partial charge in [0.15, 0.2) is 0 Å². The van der Waals surface area contributed by atoms with Crippen molar-refractivity contribution in [3.63, 3.8) is 0 Å². The Morgan fingerprint density at radius 3 is 2.59 bits per heavy atom. The van der Waals surface area contributed by atoms with Crippen LogP contribution in [-0.4, -0.2) is 29.8 Å². The zero-order valence-corrected chi connectivity index (χ0v) is 9.72. The molecule has 2 rings (SSSR count). The smallest absolute Gasteiger partial charge is 0.271 e. The van der Waals surface area contributed by atoms with Gasteiger partial charge in [0.2, 0.25) is 0 Å². The van der Waals surface area contributed by atoms with Gasteiger partial charge in [-0.1, -0.05) is 0 Å². The molecule has 1 aromatic rings. The van der Waals surface area contributed by atoms with Crippen LogP contribution in [0.1, 0.15) is 11.5 Å². The quantitative estimate of drug-likeness (QED) is 0.667. The van der Waals surface area contributed by atoms with Gasteiger partial charge in [0.1, 0.15) is 23.4 Å². The number of nitrogens with zero attached hydrogens (tertiary/aromatic N) is 5. The van der Waals surface area contributed by atoms with Crippen molar-refractivity contribution < 1.29 is 0 Å². The fourth-order valence-electron chi connectivity index (χ4n) is 2.01. The van der Waals surface area contributed by atoms with Crippen LogP contribution in [0.2, 0.25) is 12.6 Å². The molecule has 0 radical (unpaired) electrons. The number of rotatable bonds is 1. The first-order chi connectivity index (χ1) is 8.22. The van der Waals surface area contributed by atoms with Crippen LogP contribution in [0.15, 0.2) is 6.07 Å². The maximum atomic E-state index is 8.86. The monoisotopic (exact) mass is 225 g/mol. The third kappa shape index (κ3) is 2.54. The zero-order chi connectivity index (χ0) is 12.3. The lowest BCUT2D eigenvalue weighted by Gasteiger charge is -2.29. The molecule has 1 aliphatic rings. The van der Waals surface area contributed by atoms with Crippen LogP contribution < -0.4 is 4.90 Å². The first kappa shape index (κ1) is 11.4. The second-order valence-corrected chi connectivity index (χ2v) is 4.16. The summed E-state index contributed by atoms with van der Waals surface area (Å²) in [7, 11) is 0. The highest BCUT2D eigenvalue weighted by atomic mass is 15.2. The van der Waals surface area contributed by atoms with E-state index >= 15 is 0 Å². The van der Waals surface area contributed by atoms with Gasteiger partial charge in [-0.15, -0.1) is 0 Å². The highest BCUT2D eigenvalue weighted by Gasteiger charge is 2.23. The molecule has 0 aromatic carbocycles. The first-order valence-electron chi connectivity index (χ1n) is 5.63. The average Bonchev–Trinajstić information content (AvgIpc) is 2.38. The minimum Gasteiger partial charge on any atom is -0.358 e. The maximum absolute atomic E-state index is 8.86. The van der Waals surface area contributed by atoms with E-state index in [0.29, 0.717) is 11.5 Å². The molecule has 2 heterocycles. The third-order valence-corrected chi connectivity index (χ3v) is 2.94. The molecular weight excluding hydrogens is 213 g/mol. The number of aromatic nitrogens is 2. The Hall–Kier alpha value is -2.08. The lowest BCUT2D eigenvalue weighted by Crippen LogP contribution is -2.37. The Labute approximate surface area is 101 Å². The van der Waals surface area contributed by atoms with E-state index in [9.17, 15) is 0 Å². The molecule has 0 saturated carbocycles. The second kappa shape index (κ2) is 4.84. The Morgan fingerprint density at radius 1 is 1.29 bits per heavy atom. The molecule has 0 bridgehead atoms. The minimum absolute atomic E-state index is 0.157. The predicted molar refractivity (Wildman–Crippen MR) is 64.7 cm³/mol. The second-order valence-electron chi connectivity index (χ2n) is 4.16.